The zero-order chi connectivity index (χ0) is 24.5. The molecule has 35 heavy (non-hydrogen) atoms. The highest BCUT2D eigenvalue weighted by molar-refractivity contribution is 6.42. The number of nitrogens with one attached hydrogen (secondary N) is 1. The third-order valence-electron chi connectivity index (χ3n) is 5.71. The number of hydrogen-bond donors (Lipinski definition) is 1. The second-order valence-electron chi connectivity index (χ2n) is 8.39. The van der Waals surface area contributed by atoms with Crippen molar-refractivity contribution in [1.82, 2.24) is 24.5 Å². The first kappa shape index (κ1) is 23.1. The van der Waals surface area contributed by atoms with Gasteiger partial charge in [0.05, 0.1) is 34.2 Å². The Morgan fingerprint density at radius 1 is 1.03 bits per heavy atom. The fourth-order valence-electron chi connectivity index (χ4n) is 4.04. The minimum absolute atomic E-state index is 0.0344. The number of aromatic nitrogens is 5. The van der Waals surface area contributed by atoms with Crippen LogP contribution in [-0.2, 0) is 17.9 Å². The van der Waals surface area contributed by atoms with Crippen molar-refractivity contribution in [3.8, 4) is 11.1 Å². The molecule has 0 saturated heterocycles. The predicted octanol–water partition coefficient (Wildman–Crippen LogP) is 5.91. The number of carbonyl (C=O) groups excluding carboxylic acids is 1. The Kier molecular flexibility index (Phi) is 6.28. The van der Waals surface area contributed by atoms with Gasteiger partial charge in [0.15, 0.2) is 5.65 Å². The molecule has 7 nitrogen and oxygen atoms in total. The van der Waals surface area contributed by atoms with Gasteiger partial charge in [0.25, 0.3) is 0 Å². The highest BCUT2D eigenvalue weighted by Crippen LogP contribution is 2.30. The van der Waals surface area contributed by atoms with E-state index in [0.29, 0.717) is 27.9 Å². The molecule has 0 unspecified atom stereocenters. The van der Waals surface area contributed by atoms with E-state index in [1.165, 1.54) is 5.56 Å². The molecule has 9 heteroatoms. The van der Waals surface area contributed by atoms with Crippen molar-refractivity contribution >= 4 is 45.8 Å². The summed E-state index contributed by atoms with van der Waals surface area (Å²) < 4.78 is 3.36. The smallest absolute Gasteiger partial charge is 0.246 e. The molecule has 3 aromatic heterocycles. The average Bonchev–Trinajstić information content (AvgIpc) is 3.40. The van der Waals surface area contributed by atoms with Crippen molar-refractivity contribution in [2.75, 3.05) is 5.32 Å². The first-order chi connectivity index (χ1) is 16.9. The van der Waals surface area contributed by atoms with Crippen LogP contribution in [0.3, 0.4) is 0 Å². The molecule has 176 valence electrons. The molecule has 5 rings (SSSR count). The molecule has 0 aliphatic carbocycles. The molecule has 1 amide bonds. The van der Waals surface area contributed by atoms with Crippen LogP contribution in [0.15, 0.2) is 67.1 Å². The number of anilines is 1. The summed E-state index contributed by atoms with van der Waals surface area (Å²) in [5.74, 6) is -0.217. The fourth-order valence-corrected chi connectivity index (χ4v) is 4.36. The Balaban J connectivity index is 1.32. The van der Waals surface area contributed by atoms with Gasteiger partial charge in [0.2, 0.25) is 5.91 Å². The molecule has 0 aliphatic heterocycles. The van der Waals surface area contributed by atoms with Crippen LogP contribution in [0.5, 0.6) is 0 Å². The van der Waals surface area contributed by atoms with Gasteiger partial charge in [-0.3, -0.25) is 9.48 Å². The Labute approximate surface area is 212 Å². The molecule has 0 spiro atoms. The van der Waals surface area contributed by atoms with Gasteiger partial charge in [0, 0.05) is 17.8 Å². The largest absolute Gasteiger partial charge is 0.322 e. The van der Waals surface area contributed by atoms with Crippen molar-refractivity contribution in [1.29, 1.82) is 0 Å². The number of fused-ring (bicyclic) bond motifs is 1. The maximum atomic E-state index is 12.8. The molecule has 0 aliphatic rings. The predicted molar refractivity (Wildman–Crippen MR) is 139 cm³/mol. The Hall–Kier alpha value is -3.68. The molecule has 0 atom stereocenters. The maximum absolute atomic E-state index is 12.8. The standard InChI is InChI=1S/C26H22Cl2N6O/c1-16-3-6-19(7-4-16)21-9-10-29-26-25(21)17(2)32-34(26)15-24(35)31-20-12-30-33(14-20)13-18-5-8-22(27)23(28)11-18/h3-12,14H,13,15H2,1-2H3,(H,31,35). The van der Waals surface area contributed by atoms with Gasteiger partial charge in [-0.1, -0.05) is 59.1 Å². The number of carbonyl (C=O) groups is 1. The summed E-state index contributed by atoms with van der Waals surface area (Å²) in [4.78, 5) is 17.3. The van der Waals surface area contributed by atoms with Gasteiger partial charge in [0.1, 0.15) is 6.54 Å². The Morgan fingerprint density at radius 2 is 1.83 bits per heavy atom. The lowest BCUT2D eigenvalue weighted by molar-refractivity contribution is -0.116. The zero-order valence-electron chi connectivity index (χ0n) is 19.2. The quantitative estimate of drug-likeness (QED) is 0.312. The third kappa shape index (κ3) is 4.92. The van der Waals surface area contributed by atoms with E-state index in [-0.39, 0.29) is 12.5 Å². The van der Waals surface area contributed by atoms with E-state index in [4.69, 9.17) is 23.2 Å². The van der Waals surface area contributed by atoms with E-state index in [0.717, 1.165) is 27.8 Å². The SMILES string of the molecule is Cc1ccc(-c2ccnc3c2c(C)nn3CC(=O)Nc2cnn(Cc3ccc(Cl)c(Cl)c3)c2)cc1. The number of nitrogens with zero attached hydrogens (tertiary/aromatic N) is 5. The summed E-state index contributed by atoms with van der Waals surface area (Å²) in [5, 5.41) is 13.7. The van der Waals surface area contributed by atoms with E-state index < -0.39 is 0 Å². The summed E-state index contributed by atoms with van der Waals surface area (Å²) in [6.07, 6.45) is 5.12. The van der Waals surface area contributed by atoms with Crippen LogP contribution in [0.1, 0.15) is 16.8 Å². The van der Waals surface area contributed by atoms with Gasteiger partial charge < -0.3 is 5.32 Å². The second-order valence-corrected chi connectivity index (χ2v) is 9.20. The van der Waals surface area contributed by atoms with E-state index >= 15 is 0 Å². The van der Waals surface area contributed by atoms with Crippen LogP contribution >= 0.6 is 23.2 Å². The first-order valence-corrected chi connectivity index (χ1v) is 11.8. The van der Waals surface area contributed by atoms with E-state index in [1.54, 1.807) is 40.1 Å². The number of benzene rings is 2. The van der Waals surface area contributed by atoms with Crippen LogP contribution in [0.2, 0.25) is 10.0 Å². The third-order valence-corrected chi connectivity index (χ3v) is 6.45. The van der Waals surface area contributed by atoms with E-state index in [2.05, 4.69) is 51.7 Å². The molecule has 0 bridgehead atoms. The van der Waals surface area contributed by atoms with Crippen LogP contribution in [0, 0.1) is 13.8 Å². The van der Waals surface area contributed by atoms with Crippen LogP contribution < -0.4 is 5.32 Å². The summed E-state index contributed by atoms with van der Waals surface area (Å²) >= 11 is 12.1. The second kappa shape index (κ2) is 9.52. The topological polar surface area (TPSA) is 77.6 Å². The van der Waals surface area contributed by atoms with Crippen molar-refractivity contribution in [3.63, 3.8) is 0 Å². The summed E-state index contributed by atoms with van der Waals surface area (Å²) in [6.45, 7) is 4.53. The number of pyridine rings is 1. The number of hydrogen-bond acceptors (Lipinski definition) is 4. The van der Waals surface area contributed by atoms with Crippen LogP contribution in [0.4, 0.5) is 5.69 Å². The number of rotatable bonds is 6. The first-order valence-electron chi connectivity index (χ1n) is 11.0. The molecular formula is C26H22Cl2N6O. The van der Waals surface area contributed by atoms with E-state index in [1.807, 2.05) is 19.1 Å². The molecule has 1 N–H and O–H groups in total. The number of amides is 1. The zero-order valence-corrected chi connectivity index (χ0v) is 20.7. The minimum atomic E-state index is -0.217. The Morgan fingerprint density at radius 3 is 2.60 bits per heavy atom. The van der Waals surface area contributed by atoms with Crippen molar-refractivity contribution < 1.29 is 4.79 Å². The number of aryl methyl sites for hydroxylation is 2. The van der Waals surface area contributed by atoms with Gasteiger partial charge in [-0.25, -0.2) is 9.67 Å². The highest BCUT2D eigenvalue weighted by Gasteiger charge is 2.16. The molecule has 2 aromatic carbocycles. The lowest BCUT2D eigenvalue weighted by Gasteiger charge is -2.06. The lowest BCUT2D eigenvalue weighted by atomic mass is 10.0. The van der Waals surface area contributed by atoms with Gasteiger partial charge in [-0.05, 0) is 48.7 Å². The Bertz CT molecular complexity index is 1540. The minimum Gasteiger partial charge on any atom is -0.322 e. The summed E-state index contributed by atoms with van der Waals surface area (Å²) in [7, 11) is 0. The molecule has 5 aromatic rings. The normalized spacial score (nSPS) is 11.2. The molecule has 0 saturated carbocycles. The van der Waals surface area contributed by atoms with Crippen molar-refractivity contribution in [2.45, 2.75) is 26.9 Å². The number of halogens is 2. The van der Waals surface area contributed by atoms with E-state index in [9.17, 15) is 4.79 Å². The molecular weight excluding hydrogens is 483 g/mol. The van der Waals surface area contributed by atoms with Gasteiger partial charge in [-0.15, -0.1) is 0 Å². The van der Waals surface area contributed by atoms with Crippen LogP contribution in [-0.4, -0.2) is 30.5 Å². The molecule has 0 fully saturated rings. The van der Waals surface area contributed by atoms with Crippen molar-refractivity contribution in [3.05, 3.63) is 94.0 Å². The monoisotopic (exact) mass is 504 g/mol. The van der Waals surface area contributed by atoms with Crippen LogP contribution in [0.25, 0.3) is 22.2 Å². The summed E-state index contributed by atoms with van der Waals surface area (Å²) in [6, 6.07) is 15.7. The highest BCUT2D eigenvalue weighted by atomic mass is 35.5. The maximum Gasteiger partial charge on any atom is 0.246 e. The average molecular weight is 505 g/mol. The fraction of sp³-hybridized carbons (Fsp3) is 0.154. The lowest BCUT2D eigenvalue weighted by Crippen LogP contribution is -2.19. The molecule has 3 heterocycles. The van der Waals surface area contributed by atoms with Gasteiger partial charge in [-0.2, -0.15) is 10.2 Å². The molecule has 0 radical (unpaired) electrons. The van der Waals surface area contributed by atoms with Crippen molar-refractivity contribution in [2.24, 2.45) is 0 Å². The summed E-state index contributed by atoms with van der Waals surface area (Å²) in [5.41, 5.74) is 6.37. The van der Waals surface area contributed by atoms with Gasteiger partial charge >= 0.3 is 0 Å².